The predicted octanol–water partition coefficient (Wildman–Crippen LogP) is 10.2. The van der Waals surface area contributed by atoms with E-state index >= 15 is 0 Å². The van der Waals surface area contributed by atoms with E-state index in [1.54, 1.807) is 0 Å². The Bertz CT molecular complexity index is 1360. The van der Waals surface area contributed by atoms with Crippen molar-refractivity contribution in [1.82, 2.24) is 4.98 Å². The molecular weight excluding hydrogens is 683 g/mol. The third-order valence-electron chi connectivity index (χ3n) is 10.1. The van der Waals surface area contributed by atoms with Gasteiger partial charge >= 0.3 is 0 Å². The van der Waals surface area contributed by atoms with Gasteiger partial charge in [-0.15, -0.1) is 35.9 Å². The fourth-order valence-corrected chi connectivity index (χ4v) is 6.79. The molecule has 1 atom stereocenters. The zero-order valence-electron chi connectivity index (χ0n) is 26.1. The van der Waals surface area contributed by atoms with Gasteiger partial charge in [-0.25, -0.2) is 0 Å². The predicted molar refractivity (Wildman–Crippen MR) is 167 cm³/mol. The van der Waals surface area contributed by atoms with Crippen molar-refractivity contribution < 1.29 is 30.0 Å². The standard InChI is InChI=1S/C19H18N.C18H30O2.Ir/c1-19(2,3)17-10-9-15-12-18(20-13-16(15)11-17)14-7-5-4-6-8-14;1-5-17(6-2)11-9-13-10-12-18(7-3,8-4)16(20)14(13)15(17)19;/h4-7,9-13H,1-3H3;13,19H,5-12H2,1-4H3;/q-1;;. The van der Waals surface area contributed by atoms with Crippen molar-refractivity contribution in [3.63, 3.8) is 0 Å². The molecule has 41 heavy (non-hydrogen) atoms. The first-order valence-electron chi connectivity index (χ1n) is 15.4. The van der Waals surface area contributed by atoms with Crippen LogP contribution in [0, 0.1) is 22.8 Å². The molecule has 5 rings (SSSR count). The summed E-state index contributed by atoms with van der Waals surface area (Å²) in [7, 11) is 0. The van der Waals surface area contributed by atoms with Gasteiger partial charge in [0.15, 0.2) is 5.78 Å². The van der Waals surface area contributed by atoms with Crippen LogP contribution in [0.4, 0.5) is 0 Å². The second kappa shape index (κ2) is 13.3. The van der Waals surface area contributed by atoms with Gasteiger partial charge in [-0.05, 0) is 90.8 Å². The minimum absolute atomic E-state index is 0. The largest absolute Gasteiger partial charge is 0.511 e. The molecule has 1 N–H and O–H groups in total. The first kappa shape index (κ1) is 33.2. The van der Waals surface area contributed by atoms with Crippen molar-refractivity contribution in [3.05, 3.63) is 77.7 Å². The molecule has 1 unspecified atom stereocenters. The molecule has 1 aromatic heterocycles. The summed E-state index contributed by atoms with van der Waals surface area (Å²) in [6.45, 7) is 15.2. The molecule has 3 nitrogen and oxygen atoms in total. The molecule has 2 aliphatic carbocycles. The summed E-state index contributed by atoms with van der Waals surface area (Å²) in [6.07, 6.45) is 9.83. The van der Waals surface area contributed by atoms with Crippen molar-refractivity contribution in [1.29, 1.82) is 0 Å². The number of nitrogens with zero attached hydrogens (tertiary/aromatic N) is 1. The van der Waals surface area contributed by atoms with Crippen LogP contribution < -0.4 is 0 Å². The Hall–Kier alpha value is -2.29. The summed E-state index contributed by atoms with van der Waals surface area (Å²) in [4.78, 5) is 17.6. The number of pyridine rings is 1. The number of allylic oxidation sites excluding steroid dienone is 2. The minimum Gasteiger partial charge on any atom is -0.511 e. The molecule has 4 heteroatoms. The number of aliphatic hydroxyl groups is 1. The smallest absolute Gasteiger partial charge is 0.168 e. The maximum atomic E-state index is 13.1. The third kappa shape index (κ3) is 6.55. The normalized spacial score (nSPS) is 19.6. The molecule has 0 saturated heterocycles. The molecule has 1 heterocycles. The fourth-order valence-electron chi connectivity index (χ4n) is 6.79. The van der Waals surface area contributed by atoms with Gasteiger partial charge < -0.3 is 10.1 Å². The molecular formula is C37H48IrNO2-. The van der Waals surface area contributed by atoms with E-state index < -0.39 is 0 Å². The quantitative estimate of drug-likeness (QED) is 0.266. The van der Waals surface area contributed by atoms with Gasteiger partial charge in [-0.3, -0.25) is 4.79 Å². The Labute approximate surface area is 261 Å². The number of aromatic nitrogens is 1. The Kier molecular flexibility index (Phi) is 10.8. The summed E-state index contributed by atoms with van der Waals surface area (Å²) in [5, 5.41) is 13.3. The van der Waals surface area contributed by atoms with E-state index in [-0.39, 0.29) is 42.1 Å². The molecule has 0 spiro atoms. The first-order valence-corrected chi connectivity index (χ1v) is 15.4. The van der Waals surface area contributed by atoms with Crippen LogP contribution in [-0.4, -0.2) is 15.9 Å². The zero-order valence-corrected chi connectivity index (χ0v) is 28.5. The molecule has 2 aliphatic rings. The van der Waals surface area contributed by atoms with Crippen LogP contribution in [0.5, 0.6) is 0 Å². The van der Waals surface area contributed by atoms with Crippen molar-refractivity contribution in [3.8, 4) is 11.3 Å². The van der Waals surface area contributed by atoms with E-state index in [1.807, 2.05) is 30.5 Å². The molecule has 0 bridgehead atoms. The van der Waals surface area contributed by atoms with Crippen LogP contribution in [0.25, 0.3) is 22.0 Å². The number of hydrogen-bond acceptors (Lipinski definition) is 3. The maximum absolute atomic E-state index is 13.1. The Morgan fingerprint density at radius 2 is 1.54 bits per heavy atom. The van der Waals surface area contributed by atoms with Gasteiger partial charge in [0.2, 0.25) is 0 Å². The monoisotopic (exact) mass is 731 g/mol. The Morgan fingerprint density at radius 3 is 2.10 bits per heavy atom. The SMILES string of the molecule is CC(C)(C)c1ccc2cc(-c3[c-]cccc3)ncc2c1.CCC1(CC)CCC2CCC(CC)(CC)C(O)=C2C1=O.[Ir]. The van der Waals surface area contributed by atoms with E-state index in [0.29, 0.717) is 11.7 Å². The second-order valence-electron chi connectivity index (χ2n) is 13.0. The van der Waals surface area contributed by atoms with Crippen LogP contribution in [-0.2, 0) is 30.3 Å². The number of carbonyl (C=O) groups excluding carboxylic acids is 1. The van der Waals surface area contributed by atoms with Crippen molar-refractivity contribution in [2.75, 3.05) is 0 Å². The van der Waals surface area contributed by atoms with Crippen LogP contribution in [0.3, 0.4) is 0 Å². The van der Waals surface area contributed by atoms with Gasteiger partial charge in [0, 0.05) is 42.7 Å². The summed E-state index contributed by atoms with van der Waals surface area (Å²) in [5.41, 5.74) is 3.99. The van der Waals surface area contributed by atoms with Gasteiger partial charge in [-0.1, -0.05) is 66.7 Å². The van der Waals surface area contributed by atoms with Gasteiger partial charge in [0.25, 0.3) is 0 Å². The fraction of sp³-hybridized carbons (Fsp3) is 0.514. The first-order chi connectivity index (χ1) is 19.0. The molecule has 2 aromatic carbocycles. The van der Waals surface area contributed by atoms with Gasteiger partial charge in [-0.2, -0.15) is 0 Å². The van der Waals surface area contributed by atoms with E-state index in [0.717, 1.165) is 68.2 Å². The molecule has 1 radical (unpaired) electrons. The summed E-state index contributed by atoms with van der Waals surface area (Å²) in [6, 6.07) is 19.9. The molecule has 1 saturated carbocycles. The van der Waals surface area contributed by atoms with Crippen LogP contribution in [0.15, 0.2) is 66.1 Å². The average molecular weight is 731 g/mol. The number of ketones is 1. The number of fused-ring (bicyclic) bond motifs is 2. The number of benzene rings is 2. The van der Waals surface area contributed by atoms with E-state index in [1.165, 1.54) is 16.3 Å². The van der Waals surface area contributed by atoms with Gasteiger partial charge in [0.1, 0.15) is 5.76 Å². The average Bonchev–Trinajstić information content (AvgIpc) is 2.98. The summed E-state index contributed by atoms with van der Waals surface area (Å²) >= 11 is 0. The van der Waals surface area contributed by atoms with E-state index in [2.05, 4.69) is 83.8 Å². The molecule has 0 aliphatic heterocycles. The zero-order chi connectivity index (χ0) is 29.1. The topological polar surface area (TPSA) is 50.2 Å². The third-order valence-corrected chi connectivity index (χ3v) is 10.1. The summed E-state index contributed by atoms with van der Waals surface area (Å²) < 4.78 is 0. The van der Waals surface area contributed by atoms with E-state index in [9.17, 15) is 9.90 Å². The van der Waals surface area contributed by atoms with Crippen molar-refractivity contribution in [2.45, 2.75) is 105 Å². The minimum atomic E-state index is -0.204. The molecule has 223 valence electrons. The second-order valence-corrected chi connectivity index (χ2v) is 13.0. The van der Waals surface area contributed by atoms with Crippen LogP contribution in [0.2, 0.25) is 0 Å². The molecule has 3 aromatic rings. The Balaban J connectivity index is 0.000000220. The molecule has 0 amide bonds. The number of aliphatic hydroxyl groups excluding tert-OH is 1. The van der Waals surface area contributed by atoms with Crippen molar-refractivity contribution in [2.24, 2.45) is 16.7 Å². The number of rotatable bonds is 5. The molecule has 1 fully saturated rings. The number of Topliss-reactive ketones (excluding diaryl/α,β-unsaturated/α-hetero) is 1. The van der Waals surface area contributed by atoms with E-state index in [4.69, 9.17) is 0 Å². The summed E-state index contributed by atoms with van der Waals surface area (Å²) in [5.74, 6) is 1.04. The van der Waals surface area contributed by atoms with Gasteiger partial charge in [0.05, 0.1) is 0 Å². The van der Waals surface area contributed by atoms with Crippen LogP contribution >= 0.6 is 0 Å². The number of carbonyl (C=O) groups is 1. The number of hydrogen-bond donors (Lipinski definition) is 1. The maximum Gasteiger partial charge on any atom is 0.168 e. The van der Waals surface area contributed by atoms with Crippen LogP contribution in [0.1, 0.15) is 105 Å². The Morgan fingerprint density at radius 1 is 0.902 bits per heavy atom. The van der Waals surface area contributed by atoms with Crippen molar-refractivity contribution >= 4 is 16.6 Å².